The molecule has 0 saturated carbocycles. The van der Waals surface area contributed by atoms with Crippen molar-refractivity contribution in [1.29, 1.82) is 0 Å². The Morgan fingerprint density at radius 1 is 1.35 bits per heavy atom. The average Bonchev–Trinajstić information content (AvgIpc) is 2.88. The Kier molecular flexibility index (Phi) is 4.42. The van der Waals surface area contributed by atoms with Crippen LogP contribution in [-0.2, 0) is 11.3 Å². The van der Waals surface area contributed by atoms with Crippen LogP contribution < -0.4 is 10.9 Å². The van der Waals surface area contributed by atoms with Crippen LogP contribution >= 0.6 is 11.8 Å². The molecule has 0 spiro atoms. The maximum Gasteiger partial charge on any atom is 0.254 e. The van der Waals surface area contributed by atoms with E-state index < -0.39 is 0 Å². The van der Waals surface area contributed by atoms with Gasteiger partial charge in [0.15, 0.2) is 5.16 Å². The topological polar surface area (TPSA) is 89.8 Å². The summed E-state index contributed by atoms with van der Waals surface area (Å²) in [4.78, 5) is 36.7. The molecule has 2 aromatic heterocycles. The Labute approximate surface area is 137 Å². The molecular formula is C15H17N5O2S. The highest BCUT2D eigenvalue weighted by molar-refractivity contribution is 7.99. The smallest absolute Gasteiger partial charge is 0.254 e. The van der Waals surface area contributed by atoms with Gasteiger partial charge in [0.05, 0.1) is 18.3 Å². The van der Waals surface area contributed by atoms with Gasteiger partial charge in [-0.1, -0.05) is 11.8 Å². The Morgan fingerprint density at radius 3 is 2.96 bits per heavy atom. The van der Waals surface area contributed by atoms with Gasteiger partial charge in [0, 0.05) is 29.6 Å². The largest absolute Gasteiger partial charge is 0.350 e. The number of hydrogen-bond acceptors (Lipinski definition) is 6. The molecule has 23 heavy (non-hydrogen) atoms. The molecule has 3 rings (SSSR count). The summed E-state index contributed by atoms with van der Waals surface area (Å²) in [7, 11) is 0. The van der Waals surface area contributed by atoms with Crippen molar-refractivity contribution in [2.75, 3.05) is 5.75 Å². The van der Waals surface area contributed by atoms with Crippen LogP contribution in [-0.4, -0.2) is 31.2 Å². The van der Waals surface area contributed by atoms with E-state index in [1.807, 2.05) is 13.0 Å². The van der Waals surface area contributed by atoms with E-state index in [1.54, 1.807) is 11.5 Å². The number of carbonyl (C=O) groups excluding carboxylic acids is 1. The quantitative estimate of drug-likeness (QED) is 0.841. The second-order valence-corrected chi connectivity index (χ2v) is 6.47. The fraction of sp³-hybridized carbons (Fsp3) is 0.400. The summed E-state index contributed by atoms with van der Waals surface area (Å²) < 4.78 is 1.62. The monoisotopic (exact) mass is 331 g/mol. The molecule has 0 bridgehead atoms. The summed E-state index contributed by atoms with van der Waals surface area (Å²) in [6, 6.07) is 3.19. The number of aryl methyl sites for hydroxylation is 2. The third-order valence-electron chi connectivity index (χ3n) is 3.57. The van der Waals surface area contributed by atoms with Gasteiger partial charge in [-0.25, -0.2) is 15.0 Å². The van der Waals surface area contributed by atoms with Gasteiger partial charge in [0.1, 0.15) is 6.33 Å². The van der Waals surface area contributed by atoms with Crippen LogP contribution in [0.5, 0.6) is 0 Å². The second-order valence-electron chi connectivity index (χ2n) is 5.48. The first kappa shape index (κ1) is 15.7. The molecule has 0 aliphatic carbocycles. The van der Waals surface area contributed by atoms with Crippen molar-refractivity contribution in [3.05, 3.63) is 45.9 Å². The highest BCUT2D eigenvalue weighted by Gasteiger charge is 2.27. The van der Waals surface area contributed by atoms with E-state index in [0.717, 1.165) is 11.4 Å². The lowest BCUT2D eigenvalue weighted by Crippen LogP contribution is -2.30. The highest BCUT2D eigenvalue weighted by atomic mass is 32.2. The lowest BCUT2D eigenvalue weighted by molar-refractivity contribution is -0.121. The first-order valence-corrected chi connectivity index (χ1v) is 8.28. The van der Waals surface area contributed by atoms with Gasteiger partial charge in [0.2, 0.25) is 5.91 Å². The molecule has 0 radical (unpaired) electrons. The predicted molar refractivity (Wildman–Crippen MR) is 86.2 cm³/mol. The fourth-order valence-electron chi connectivity index (χ4n) is 2.49. The van der Waals surface area contributed by atoms with Gasteiger partial charge < -0.3 is 5.32 Å². The van der Waals surface area contributed by atoms with E-state index in [1.165, 1.54) is 24.2 Å². The SMILES string of the molecule is Cc1cc(CNC(=O)CC2CSc3nc(C)cc(=O)n32)ncn1. The van der Waals surface area contributed by atoms with E-state index >= 15 is 0 Å². The molecule has 3 heterocycles. The lowest BCUT2D eigenvalue weighted by atomic mass is 10.2. The normalized spacial score (nSPS) is 16.2. The van der Waals surface area contributed by atoms with E-state index in [0.29, 0.717) is 23.1 Å². The summed E-state index contributed by atoms with van der Waals surface area (Å²) in [6.45, 7) is 4.03. The zero-order chi connectivity index (χ0) is 16.4. The lowest BCUT2D eigenvalue weighted by Gasteiger charge is -2.13. The van der Waals surface area contributed by atoms with Crippen molar-refractivity contribution in [2.24, 2.45) is 0 Å². The van der Waals surface area contributed by atoms with E-state index in [-0.39, 0.29) is 23.9 Å². The van der Waals surface area contributed by atoms with Crippen molar-refractivity contribution >= 4 is 17.7 Å². The molecule has 1 aliphatic rings. The summed E-state index contributed by atoms with van der Waals surface area (Å²) in [5.74, 6) is 0.582. The Balaban J connectivity index is 1.63. The average molecular weight is 331 g/mol. The molecule has 7 nitrogen and oxygen atoms in total. The van der Waals surface area contributed by atoms with E-state index in [9.17, 15) is 9.59 Å². The van der Waals surface area contributed by atoms with Gasteiger partial charge >= 0.3 is 0 Å². The molecule has 1 aliphatic heterocycles. The number of rotatable bonds is 4. The Hall–Kier alpha value is -2.22. The predicted octanol–water partition coefficient (Wildman–Crippen LogP) is 1.00. The summed E-state index contributed by atoms with van der Waals surface area (Å²) >= 11 is 1.51. The van der Waals surface area contributed by atoms with Crippen LogP contribution in [0.25, 0.3) is 0 Å². The molecule has 0 fully saturated rings. The third-order valence-corrected chi connectivity index (χ3v) is 4.66. The minimum Gasteiger partial charge on any atom is -0.350 e. The molecule has 0 aromatic carbocycles. The highest BCUT2D eigenvalue weighted by Crippen LogP contribution is 2.31. The molecule has 8 heteroatoms. The van der Waals surface area contributed by atoms with Crippen LogP contribution in [0.3, 0.4) is 0 Å². The van der Waals surface area contributed by atoms with Crippen LogP contribution in [0, 0.1) is 13.8 Å². The minimum atomic E-state index is -0.150. The van der Waals surface area contributed by atoms with Crippen LogP contribution in [0.1, 0.15) is 29.5 Å². The van der Waals surface area contributed by atoms with Gasteiger partial charge in [-0.2, -0.15) is 0 Å². The molecule has 120 valence electrons. The molecule has 1 unspecified atom stereocenters. The number of carbonyl (C=O) groups is 1. The Bertz CT molecular complexity index is 805. The maximum absolute atomic E-state index is 12.1. The molecule has 1 N–H and O–H groups in total. The number of aromatic nitrogens is 4. The van der Waals surface area contributed by atoms with Crippen LogP contribution in [0.15, 0.2) is 28.4 Å². The number of thioether (sulfide) groups is 1. The van der Waals surface area contributed by atoms with Gasteiger partial charge in [0.25, 0.3) is 5.56 Å². The summed E-state index contributed by atoms with van der Waals surface area (Å²) in [5, 5.41) is 3.53. The van der Waals surface area contributed by atoms with Crippen LogP contribution in [0.2, 0.25) is 0 Å². The Morgan fingerprint density at radius 2 is 2.17 bits per heavy atom. The van der Waals surface area contributed by atoms with Gasteiger partial charge in [-0.15, -0.1) is 0 Å². The zero-order valence-electron chi connectivity index (χ0n) is 12.9. The number of fused-ring (bicyclic) bond motifs is 1. The number of nitrogens with zero attached hydrogens (tertiary/aromatic N) is 4. The second kappa shape index (κ2) is 6.49. The number of nitrogens with one attached hydrogen (secondary N) is 1. The zero-order valence-corrected chi connectivity index (χ0v) is 13.8. The minimum absolute atomic E-state index is 0.0956. The molecule has 1 atom stereocenters. The summed E-state index contributed by atoms with van der Waals surface area (Å²) in [6.07, 6.45) is 1.74. The summed E-state index contributed by atoms with van der Waals surface area (Å²) in [5.41, 5.74) is 2.24. The molecule has 1 amide bonds. The molecule has 0 saturated heterocycles. The van der Waals surface area contributed by atoms with Gasteiger partial charge in [-0.3, -0.25) is 14.2 Å². The van der Waals surface area contributed by atoms with Crippen molar-refractivity contribution in [3.63, 3.8) is 0 Å². The van der Waals surface area contributed by atoms with Crippen molar-refractivity contribution in [1.82, 2.24) is 24.8 Å². The van der Waals surface area contributed by atoms with E-state index in [2.05, 4.69) is 20.3 Å². The number of amides is 1. The standard InChI is InChI=1S/C15H17N5O2S/c1-9-3-11(18-8-17-9)6-16-13(21)5-12-7-23-15-19-10(2)4-14(22)20(12)15/h3-4,8,12H,5-7H2,1-2H3,(H,16,21). The van der Waals surface area contributed by atoms with Crippen LogP contribution in [0.4, 0.5) is 0 Å². The molecule has 2 aromatic rings. The van der Waals surface area contributed by atoms with Gasteiger partial charge in [-0.05, 0) is 19.9 Å². The first-order valence-electron chi connectivity index (χ1n) is 7.30. The fourth-order valence-corrected chi connectivity index (χ4v) is 3.69. The van der Waals surface area contributed by atoms with Crippen molar-refractivity contribution in [3.8, 4) is 0 Å². The van der Waals surface area contributed by atoms with E-state index in [4.69, 9.17) is 0 Å². The maximum atomic E-state index is 12.1. The van der Waals surface area contributed by atoms with Crippen molar-refractivity contribution < 1.29 is 4.79 Å². The molecular weight excluding hydrogens is 314 g/mol. The van der Waals surface area contributed by atoms with Crippen molar-refractivity contribution in [2.45, 2.75) is 38.0 Å². The third kappa shape index (κ3) is 3.58. The first-order chi connectivity index (χ1) is 11.0. The number of hydrogen-bond donors (Lipinski definition) is 1.